The molecule has 0 saturated heterocycles. The molecule has 140 valence electrons. The van der Waals surface area contributed by atoms with E-state index in [4.69, 9.17) is 0 Å². The molecule has 0 spiro atoms. The smallest absolute Gasteiger partial charge is 0.435 e. The molecular weight excluding hydrogens is 359 g/mol. The topological polar surface area (TPSA) is 44.1 Å². The number of nitrogens with zero attached hydrogens (tertiary/aromatic N) is 2. The van der Waals surface area contributed by atoms with Crippen LogP contribution < -0.4 is 0 Å². The first-order valence-corrected chi connectivity index (χ1v) is 7.90. The third-order valence-electron chi connectivity index (χ3n) is 4.48. The molecule has 2 heterocycles. The van der Waals surface area contributed by atoms with Crippen LogP contribution in [0.2, 0.25) is 0 Å². The molecular formula is C17H15F5N2O2. The van der Waals surface area contributed by atoms with Gasteiger partial charge in [-0.15, -0.1) is 0 Å². The SMILES string of the molecule is COC(=O)c1c(C(F)F)nc(C(F)(F)F)c(-n2cccc2)c1C1CCC1. The molecule has 0 aromatic carbocycles. The van der Waals surface area contributed by atoms with E-state index in [1.165, 1.54) is 24.5 Å². The summed E-state index contributed by atoms with van der Waals surface area (Å²) in [6.07, 6.45) is -3.84. The molecule has 0 atom stereocenters. The van der Waals surface area contributed by atoms with E-state index in [0.29, 0.717) is 12.8 Å². The van der Waals surface area contributed by atoms with Gasteiger partial charge in [-0.05, 0) is 36.5 Å². The van der Waals surface area contributed by atoms with Crippen molar-refractivity contribution in [2.45, 2.75) is 37.8 Å². The van der Waals surface area contributed by atoms with Crippen LogP contribution in [0.1, 0.15) is 58.9 Å². The number of pyridine rings is 1. The molecule has 0 N–H and O–H groups in total. The van der Waals surface area contributed by atoms with E-state index < -0.39 is 47.1 Å². The van der Waals surface area contributed by atoms with Gasteiger partial charge in [0.05, 0.1) is 18.4 Å². The summed E-state index contributed by atoms with van der Waals surface area (Å²) in [7, 11) is 0.995. The third kappa shape index (κ3) is 3.06. The summed E-state index contributed by atoms with van der Waals surface area (Å²) in [5, 5.41) is 0. The van der Waals surface area contributed by atoms with E-state index in [1.54, 1.807) is 0 Å². The second-order valence-electron chi connectivity index (χ2n) is 5.99. The predicted molar refractivity (Wildman–Crippen MR) is 81.5 cm³/mol. The average Bonchev–Trinajstić information content (AvgIpc) is 3.04. The van der Waals surface area contributed by atoms with Crippen LogP contribution in [0, 0.1) is 0 Å². The maximum atomic E-state index is 13.6. The molecule has 4 nitrogen and oxygen atoms in total. The highest BCUT2D eigenvalue weighted by Crippen LogP contribution is 2.46. The summed E-state index contributed by atoms with van der Waals surface area (Å²) in [6, 6.07) is 3.01. The van der Waals surface area contributed by atoms with Gasteiger partial charge in [0.1, 0.15) is 5.69 Å². The van der Waals surface area contributed by atoms with E-state index in [2.05, 4.69) is 9.72 Å². The summed E-state index contributed by atoms with van der Waals surface area (Å²) in [5.74, 6) is -1.56. The predicted octanol–water partition coefficient (Wildman–Crippen LogP) is 4.88. The maximum Gasteiger partial charge on any atom is 0.435 e. The van der Waals surface area contributed by atoms with Crippen molar-refractivity contribution < 1.29 is 31.5 Å². The number of halogens is 5. The second kappa shape index (κ2) is 6.69. The van der Waals surface area contributed by atoms with Gasteiger partial charge in [0.15, 0.2) is 5.69 Å². The summed E-state index contributed by atoms with van der Waals surface area (Å²) in [5.41, 5.74) is -3.65. The van der Waals surface area contributed by atoms with Crippen LogP contribution in [-0.4, -0.2) is 22.6 Å². The van der Waals surface area contributed by atoms with Gasteiger partial charge in [-0.3, -0.25) is 0 Å². The summed E-state index contributed by atoms with van der Waals surface area (Å²) in [6.45, 7) is 0. The van der Waals surface area contributed by atoms with Crippen LogP contribution in [0.25, 0.3) is 5.69 Å². The molecule has 2 aromatic heterocycles. The van der Waals surface area contributed by atoms with E-state index in [9.17, 15) is 26.7 Å². The van der Waals surface area contributed by atoms with Crippen LogP contribution >= 0.6 is 0 Å². The van der Waals surface area contributed by atoms with Crippen molar-refractivity contribution in [1.82, 2.24) is 9.55 Å². The highest BCUT2D eigenvalue weighted by atomic mass is 19.4. The Morgan fingerprint density at radius 1 is 1.27 bits per heavy atom. The lowest BCUT2D eigenvalue weighted by atomic mass is 9.76. The number of rotatable bonds is 4. The molecule has 0 amide bonds. The number of methoxy groups -OCH3 is 1. The normalized spacial score (nSPS) is 15.2. The number of hydrogen-bond donors (Lipinski definition) is 0. The van der Waals surface area contributed by atoms with Crippen molar-refractivity contribution in [3.8, 4) is 5.69 Å². The fourth-order valence-electron chi connectivity index (χ4n) is 3.12. The van der Waals surface area contributed by atoms with Crippen molar-refractivity contribution in [2.24, 2.45) is 0 Å². The first-order chi connectivity index (χ1) is 12.3. The molecule has 3 rings (SSSR count). The fraction of sp³-hybridized carbons (Fsp3) is 0.412. The third-order valence-corrected chi connectivity index (χ3v) is 4.48. The van der Waals surface area contributed by atoms with E-state index in [0.717, 1.165) is 18.1 Å². The van der Waals surface area contributed by atoms with Crippen molar-refractivity contribution in [3.05, 3.63) is 47.0 Å². The maximum absolute atomic E-state index is 13.6. The second-order valence-corrected chi connectivity index (χ2v) is 5.99. The van der Waals surface area contributed by atoms with Crippen LogP contribution in [0.15, 0.2) is 24.5 Å². The highest BCUT2D eigenvalue weighted by molar-refractivity contribution is 5.94. The van der Waals surface area contributed by atoms with Crippen LogP contribution in [0.4, 0.5) is 22.0 Å². The Hall–Kier alpha value is -2.45. The first kappa shape index (κ1) is 18.3. The zero-order valence-corrected chi connectivity index (χ0v) is 13.7. The number of alkyl halides is 5. The molecule has 1 aliphatic rings. The van der Waals surface area contributed by atoms with Crippen molar-refractivity contribution in [2.75, 3.05) is 7.11 Å². The summed E-state index contributed by atoms with van der Waals surface area (Å²) in [4.78, 5) is 15.4. The Kier molecular flexibility index (Phi) is 4.72. The monoisotopic (exact) mass is 374 g/mol. The number of carbonyl (C=O) groups excluding carboxylic acids is 1. The summed E-state index contributed by atoms with van der Waals surface area (Å²) < 4.78 is 73.6. The Labute approximate surface area is 145 Å². The Morgan fingerprint density at radius 3 is 2.31 bits per heavy atom. The zero-order valence-electron chi connectivity index (χ0n) is 13.7. The quantitative estimate of drug-likeness (QED) is 0.566. The van der Waals surface area contributed by atoms with Gasteiger partial charge < -0.3 is 9.30 Å². The number of aromatic nitrogens is 2. The number of ether oxygens (including phenoxy) is 1. The minimum atomic E-state index is -4.96. The van der Waals surface area contributed by atoms with Gasteiger partial charge in [0, 0.05) is 12.4 Å². The van der Waals surface area contributed by atoms with Gasteiger partial charge in [0.25, 0.3) is 6.43 Å². The molecule has 0 radical (unpaired) electrons. The van der Waals surface area contributed by atoms with Crippen molar-refractivity contribution in [3.63, 3.8) is 0 Å². The van der Waals surface area contributed by atoms with Gasteiger partial charge in [0.2, 0.25) is 0 Å². The van der Waals surface area contributed by atoms with Crippen molar-refractivity contribution >= 4 is 5.97 Å². The van der Waals surface area contributed by atoms with Gasteiger partial charge >= 0.3 is 12.1 Å². The summed E-state index contributed by atoms with van der Waals surface area (Å²) >= 11 is 0. The lowest BCUT2D eigenvalue weighted by Gasteiger charge is -2.31. The number of esters is 1. The lowest BCUT2D eigenvalue weighted by molar-refractivity contribution is -0.141. The van der Waals surface area contributed by atoms with Crippen LogP contribution in [0.5, 0.6) is 0 Å². The number of carbonyl (C=O) groups is 1. The zero-order chi connectivity index (χ0) is 19.1. The minimum Gasteiger partial charge on any atom is -0.465 e. The average molecular weight is 374 g/mol. The van der Waals surface area contributed by atoms with E-state index >= 15 is 0 Å². The molecule has 9 heteroatoms. The number of hydrogen-bond acceptors (Lipinski definition) is 3. The van der Waals surface area contributed by atoms with Crippen LogP contribution in [0.3, 0.4) is 0 Å². The van der Waals surface area contributed by atoms with Crippen molar-refractivity contribution in [1.29, 1.82) is 0 Å². The molecule has 0 unspecified atom stereocenters. The molecule has 1 saturated carbocycles. The first-order valence-electron chi connectivity index (χ1n) is 7.90. The Bertz CT molecular complexity index is 812. The Morgan fingerprint density at radius 2 is 1.88 bits per heavy atom. The van der Waals surface area contributed by atoms with Gasteiger partial charge in [-0.1, -0.05) is 6.42 Å². The molecule has 0 aliphatic heterocycles. The molecule has 0 bridgehead atoms. The highest BCUT2D eigenvalue weighted by Gasteiger charge is 2.43. The molecule has 2 aromatic rings. The molecule has 26 heavy (non-hydrogen) atoms. The lowest BCUT2D eigenvalue weighted by Crippen LogP contribution is -2.25. The van der Waals surface area contributed by atoms with E-state index in [-0.39, 0.29) is 5.56 Å². The van der Waals surface area contributed by atoms with Gasteiger partial charge in [-0.2, -0.15) is 13.2 Å². The van der Waals surface area contributed by atoms with Gasteiger partial charge in [-0.25, -0.2) is 18.6 Å². The fourth-order valence-corrected chi connectivity index (χ4v) is 3.12. The van der Waals surface area contributed by atoms with Crippen LogP contribution in [-0.2, 0) is 10.9 Å². The minimum absolute atomic E-state index is 0.0723. The largest absolute Gasteiger partial charge is 0.465 e. The molecule has 1 fully saturated rings. The van der Waals surface area contributed by atoms with E-state index in [1.807, 2.05) is 0 Å². The molecule has 1 aliphatic carbocycles. The Balaban J connectivity index is 2.44. The standard InChI is InChI=1S/C17H15F5N2O2/c1-26-16(25)11-10(9-5-4-6-9)13(24-7-2-3-8-24)14(17(20,21)22)23-12(11)15(18)19/h2-3,7-9,15H,4-6H2,1H3.